The van der Waals surface area contributed by atoms with E-state index >= 15 is 0 Å². The van der Waals surface area contributed by atoms with Gasteiger partial charge in [-0.1, -0.05) is 121 Å². The molecule has 57 heavy (non-hydrogen) atoms. The quantitative estimate of drug-likeness (QED) is 0.164. The standard InChI is InChI=1S/C54H35NO2/c1-3-12-36(13-4-1)38-14-11-17-46(33-38)55(44-15-5-2-6-16-44)45-26-22-37(23-27-45)41-30-42(39-24-28-49-47-18-7-9-20-51(47)56-53(49)34-39)32-43(31-41)40-25-29-50-48-19-8-10-21-52(48)57-54(50)35-40/h1-35H. The molecule has 0 aliphatic heterocycles. The van der Waals surface area contributed by atoms with E-state index in [0.717, 1.165) is 94.3 Å². The summed E-state index contributed by atoms with van der Waals surface area (Å²) in [6, 6.07) is 75.3. The second-order valence-corrected chi connectivity index (χ2v) is 14.6. The second kappa shape index (κ2) is 13.6. The number of anilines is 3. The van der Waals surface area contributed by atoms with Crippen molar-refractivity contribution < 1.29 is 8.83 Å². The maximum Gasteiger partial charge on any atom is 0.136 e. The molecule has 0 radical (unpaired) electrons. The number of benzene rings is 9. The van der Waals surface area contributed by atoms with Gasteiger partial charge in [-0.25, -0.2) is 0 Å². The summed E-state index contributed by atoms with van der Waals surface area (Å²) in [4.78, 5) is 2.32. The lowest BCUT2D eigenvalue weighted by atomic mass is 9.92. The van der Waals surface area contributed by atoms with Crippen LogP contribution in [0.25, 0.3) is 88.4 Å². The molecule has 268 valence electrons. The van der Waals surface area contributed by atoms with Gasteiger partial charge >= 0.3 is 0 Å². The maximum absolute atomic E-state index is 6.35. The predicted octanol–water partition coefficient (Wildman–Crippen LogP) is 15.6. The van der Waals surface area contributed by atoms with Crippen molar-refractivity contribution in [2.24, 2.45) is 0 Å². The molecular formula is C54H35NO2. The molecule has 3 nitrogen and oxygen atoms in total. The van der Waals surface area contributed by atoms with E-state index in [1.165, 1.54) is 11.1 Å². The summed E-state index contributed by atoms with van der Waals surface area (Å²) in [5.74, 6) is 0. The average molecular weight is 730 g/mol. The van der Waals surface area contributed by atoms with E-state index in [1.807, 2.05) is 24.3 Å². The van der Waals surface area contributed by atoms with Crippen LogP contribution in [0.2, 0.25) is 0 Å². The van der Waals surface area contributed by atoms with Crippen LogP contribution in [0.1, 0.15) is 0 Å². The van der Waals surface area contributed by atoms with Crippen LogP contribution in [-0.2, 0) is 0 Å². The Morgan fingerprint density at radius 2 is 0.632 bits per heavy atom. The lowest BCUT2D eigenvalue weighted by Crippen LogP contribution is -2.09. The predicted molar refractivity (Wildman–Crippen MR) is 237 cm³/mol. The smallest absolute Gasteiger partial charge is 0.136 e. The summed E-state index contributed by atoms with van der Waals surface area (Å²) in [5, 5.41) is 4.50. The molecule has 0 saturated heterocycles. The van der Waals surface area contributed by atoms with Gasteiger partial charge in [0.2, 0.25) is 0 Å². The Morgan fingerprint density at radius 3 is 1.23 bits per heavy atom. The van der Waals surface area contributed by atoms with Crippen LogP contribution in [0, 0.1) is 0 Å². The van der Waals surface area contributed by atoms with Gasteiger partial charge in [-0.05, 0) is 136 Å². The zero-order valence-corrected chi connectivity index (χ0v) is 31.0. The van der Waals surface area contributed by atoms with Crippen LogP contribution >= 0.6 is 0 Å². The SMILES string of the molecule is c1ccc(-c2cccc(N(c3ccccc3)c3ccc(-c4cc(-c5ccc6c(c5)oc5ccccc56)cc(-c5ccc6c(c5)oc5ccccc56)c4)cc3)c2)cc1. The highest BCUT2D eigenvalue weighted by atomic mass is 16.3. The Balaban J connectivity index is 1.03. The first-order valence-corrected chi connectivity index (χ1v) is 19.3. The van der Waals surface area contributed by atoms with Crippen molar-refractivity contribution in [2.75, 3.05) is 4.90 Å². The molecule has 11 aromatic rings. The molecular weight excluding hydrogens is 695 g/mol. The molecule has 3 heteroatoms. The van der Waals surface area contributed by atoms with E-state index in [9.17, 15) is 0 Å². The largest absolute Gasteiger partial charge is 0.456 e. The topological polar surface area (TPSA) is 29.5 Å². The Hall–Kier alpha value is -7.62. The molecule has 0 saturated carbocycles. The van der Waals surface area contributed by atoms with Crippen molar-refractivity contribution in [1.82, 2.24) is 0 Å². The van der Waals surface area contributed by atoms with Crippen LogP contribution in [0.4, 0.5) is 17.1 Å². The van der Waals surface area contributed by atoms with Crippen LogP contribution in [0.15, 0.2) is 221 Å². The van der Waals surface area contributed by atoms with Gasteiger partial charge in [-0.3, -0.25) is 0 Å². The highest BCUT2D eigenvalue weighted by Gasteiger charge is 2.16. The zero-order valence-electron chi connectivity index (χ0n) is 31.0. The average Bonchev–Trinajstić information content (AvgIpc) is 3.85. The Labute approximate surface area is 330 Å². The molecule has 0 bridgehead atoms. The number of para-hydroxylation sites is 3. The van der Waals surface area contributed by atoms with Crippen LogP contribution in [0.5, 0.6) is 0 Å². The molecule has 0 N–H and O–H groups in total. The molecule has 0 atom stereocenters. The second-order valence-electron chi connectivity index (χ2n) is 14.6. The number of hydrogen-bond donors (Lipinski definition) is 0. The minimum Gasteiger partial charge on any atom is -0.456 e. The molecule has 0 fully saturated rings. The highest BCUT2D eigenvalue weighted by Crippen LogP contribution is 2.41. The molecule has 0 amide bonds. The molecule has 0 aliphatic carbocycles. The minimum atomic E-state index is 0.881. The van der Waals surface area contributed by atoms with Gasteiger partial charge < -0.3 is 13.7 Å². The molecule has 0 spiro atoms. The molecule has 0 aliphatic rings. The van der Waals surface area contributed by atoms with Crippen molar-refractivity contribution in [3.05, 3.63) is 212 Å². The third-order valence-electron chi connectivity index (χ3n) is 11.0. The highest BCUT2D eigenvalue weighted by molar-refractivity contribution is 6.07. The van der Waals surface area contributed by atoms with Crippen molar-refractivity contribution >= 4 is 60.9 Å². The molecule has 9 aromatic carbocycles. The third kappa shape index (κ3) is 5.94. The number of nitrogens with zero attached hydrogens (tertiary/aromatic N) is 1. The van der Waals surface area contributed by atoms with Crippen molar-refractivity contribution in [1.29, 1.82) is 0 Å². The van der Waals surface area contributed by atoms with Gasteiger partial charge in [0.25, 0.3) is 0 Å². The summed E-state index contributed by atoms with van der Waals surface area (Å²) < 4.78 is 12.7. The number of hydrogen-bond acceptors (Lipinski definition) is 3. The minimum absolute atomic E-state index is 0.881. The zero-order chi connectivity index (χ0) is 37.7. The summed E-state index contributed by atoms with van der Waals surface area (Å²) in [6.45, 7) is 0. The summed E-state index contributed by atoms with van der Waals surface area (Å²) in [5.41, 5.74) is 15.9. The van der Waals surface area contributed by atoms with Gasteiger partial charge in [-0.2, -0.15) is 0 Å². The number of rotatable bonds is 7. The first-order chi connectivity index (χ1) is 28.2. The maximum atomic E-state index is 6.35. The Morgan fingerprint density at radius 1 is 0.228 bits per heavy atom. The van der Waals surface area contributed by atoms with Crippen LogP contribution in [-0.4, -0.2) is 0 Å². The van der Waals surface area contributed by atoms with Crippen molar-refractivity contribution in [3.63, 3.8) is 0 Å². The van der Waals surface area contributed by atoms with E-state index in [4.69, 9.17) is 8.83 Å². The van der Waals surface area contributed by atoms with Gasteiger partial charge in [0.15, 0.2) is 0 Å². The van der Waals surface area contributed by atoms with E-state index in [1.54, 1.807) is 0 Å². The molecule has 0 unspecified atom stereocenters. The summed E-state index contributed by atoms with van der Waals surface area (Å²) in [6.07, 6.45) is 0. The molecule has 2 heterocycles. The van der Waals surface area contributed by atoms with Crippen molar-refractivity contribution in [3.8, 4) is 44.5 Å². The number of furan rings is 2. The van der Waals surface area contributed by atoms with E-state index in [0.29, 0.717) is 0 Å². The molecule has 11 rings (SSSR count). The monoisotopic (exact) mass is 729 g/mol. The number of fused-ring (bicyclic) bond motifs is 6. The summed E-state index contributed by atoms with van der Waals surface area (Å²) in [7, 11) is 0. The van der Waals surface area contributed by atoms with E-state index in [2.05, 4.69) is 193 Å². The van der Waals surface area contributed by atoms with Gasteiger partial charge in [0.1, 0.15) is 22.3 Å². The van der Waals surface area contributed by atoms with Gasteiger partial charge in [0.05, 0.1) is 0 Å². The fourth-order valence-corrected chi connectivity index (χ4v) is 8.22. The molecule has 2 aromatic heterocycles. The van der Waals surface area contributed by atoms with Crippen LogP contribution in [0.3, 0.4) is 0 Å². The third-order valence-corrected chi connectivity index (χ3v) is 11.0. The Bertz CT molecular complexity index is 3100. The fourth-order valence-electron chi connectivity index (χ4n) is 8.22. The first-order valence-electron chi connectivity index (χ1n) is 19.3. The fraction of sp³-hybridized carbons (Fsp3) is 0. The lowest BCUT2D eigenvalue weighted by molar-refractivity contribution is 0.668. The lowest BCUT2D eigenvalue weighted by Gasteiger charge is -2.26. The van der Waals surface area contributed by atoms with Crippen molar-refractivity contribution in [2.45, 2.75) is 0 Å². The normalized spacial score (nSPS) is 11.5. The Kier molecular flexibility index (Phi) is 7.82. The van der Waals surface area contributed by atoms with E-state index in [-0.39, 0.29) is 0 Å². The first kappa shape index (κ1) is 32.8. The van der Waals surface area contributed by atoms with E-state index < -0.39 is 0 Å². The van der Waals surface area contributed by atoms with Crippen LogP contribution < -0.4 is 4.90 Å². The summed E-state index contributed by atoms with van der Waals surface area (Å²) >= 11 is 0. The van der Waals surface area contributed by atoms with Gasteiger partial charge in [0, 0.05) is 38.6 Å². The van der Waals surface area contributed by atoms with Gasteiger partial charge in [-0.15, -0.1) is 0 Å².